The topological polar surface area (TPSA) is 136 Å². The molecule has 2 aliphatic rings. The predicted molar refractivity (Wildman–Crippen MR) is 133 cm³/mol. The second-order valence-electron chi connectivity index (χ2n) is 10.1. The van der Waals surface area contributed by atoms with Crippen LogP contribution in [-0.2, 0) is 0 Å². The Balaban J connectivity index is 1.50. The maximum Gasteiger partial charge on any atom is 0.224 e. The molecule has 0 radical (unpaired) electrons. The highest BCUT2D eigenvalue weighted by Gasteiger charge is 2.48. The van der Waals surface area contributed by atoms with Crippen LogP contribution >= 0.6 is 11.3 Å². The number of nitrogens with zero attached hydrogens (tertiary/aromatic N) is 4. The van der Waals surface area contributed by atoms with E-state index in [4.69, 9.17) is 15.0 Å². The van der Waals surface area contributed by atoms with Crippen LogP contribution in [0, 0.1) is 18.8 Å². The molecular weight excluding hydrogens is 452 g/mol. The second kappa shape index (κ2) is 8.99. The standard InChI is InChI=1S/C24H32N6O3S/c1-12-18(22-29-16-11-25-8-7-17(16)34-22)21(30-23(27-12)26-10-13-5-4-6-13)28-15-9-14(24(2,3)33)19(31)20(15)32/h7-8,11,13-15,19-20,31-33H,4-6,9-10H2,1-3H3,(H2,26,27,28,30)/t14-,15+,19+,20-/m0/s1. The van der Waals surface area contributed by atoms with E-state index in [0.717, 1.165) is 33.0 Å². The number of anilines is 2. The lowest BCUT2D eigenvalue weighted by atomic mass is 9.85. The van der Waals surface area contributed by atoms with E-state index in [1.54, 1.807) is 26.2 Å². The van der Waals surface area contributed by atoms with Crippen molar-refractivity contribution in [2.24, 2.45) is 11.8 Å². The Bertz CT molecular complexity index is 1140. The van der Waals surface area contributed by atoms with Crippen molar-refractivity contribution in [2.75, 3.05) is 17.2 Å². The molecule has 3 aromatic heterocycles. The molecule has 34 heavy (non-hydrogen) atoms. The Morgan fingerprint density at radius 3 is 2.59 bits per heavy atom. The summed E-state index contributed by atoms with van der Waals surface area (Å²) in [6.07, 6.45) is 5.53. The molecule has 4 atom stereocenters. The van der Waals surface area contributed by atoms with Crippen LogP contribution in [0.2, 0.25) is 0 Å². The lowest BCUT2D eigenvalue weighted by Crippen LogP contribution is -2.40. The molecule has 9 nitrogen and oxygen atoms in total. The van der Waals surface area contributed by atoms with Gasteiger partial charge in [0.1, 0.15) is 22.4 Å². The van der Waals surface area contributed by atoms with Gasteiger partial charge in [-0.25, -0.2) is 9.97 Å². The van der Waals surface area contributed by atoms with Gasteiger partial charge in [0.15, 0.2) is 0 Å². The Morgan fingerprint density at radius 1 is 1.15 bits per heavy atom. The molecule has 0 unspecified atom stereocenters. The van der Waals surface area contributed by atoms with Gasteiger partial charge in [-0.1, -0.05) is 6.42 Å². The SMILES string of the molecule is Cc1nc(NCC2CCC2)nc(N[C@@H]2C[C@H](C(C)(C)O)[C@@H](O)[C@H]2O)c1-c1nc2cnccc2s1. The highest BCUT2D eigenvalue weighted by atomic mass is 32.1. The van der Waals surface area contributed by atoms with Gasteiger partial charge in [-0.15, -0.1) is 11.3 Å². The number of aliphatic hydroxyl groups is 3. The summed E-state index contributed by atoms with van der Waals surface area (Å²) in [5.41, 5.74) is 1.23. The predicted octanol–water partition coefficient (Wildman–Crippen LogP) is 2.96. The summed E-state index contributed by atoms with van der Waals surface area (Å²) < 4.78 is 1.01. The van der Waals surface area contributed by atoms with Crippen molar-refractivity contribution in [3.63, 3.8) is 0 Å². The third-order valence-electron chi connectivity index (χ3n) is 7.18. The first-order valence-corrected chi connectivity index (χ1v) is 12.7. The summed E-state index contributed by atoms with van der Waals surface area (Å²) >= 11 is 1.54. The molecule has 182 valence electrons. The van der Waals surface area contributed by atoms with Crippen LogP contribution in [0.3, 0.4) is 0 Å². The lowest BCUT2D eigenvalue weighted by Gasteiger charge is -2.28. The zero-order valence-corrected chi connectivity index (χ0v) is 20.5. The van der Waals surface area contributed by atoms with Crippen molar-refractivity contribution in [1.29, 1.82) is 0 Å². The molecule has 0 aromatic carbocycles. The highest BCUT2D eigenvalue weighted by Crippen LogP contribution is 2.40. The van der Waals surface area contributed by atoms with E-state index in [1.165, 1.54) is 30.6 Å². The summed E-state index contributed by atoms with van der Waals surface area (Å²) in [4.78, 5) is 18.4. The Kier molecular flexibility index (Phi) is 6.18. The largest absolute Gasteiger partial charge is 0.390 e. The fourth-order valence-corrected chi connectivity index (χ4v) is 5.92. The molecule has 0 bridgehead atoms. The first-order valence-electron chi connectivity index (χ1n) is 11.9. The van der Waals surface area contributed by atoms with Crippen molar-refractivity contribution >= 4 is 33.3 Å². The van der Waals surface area contributed by atoms with Crippen molar-refractivity contribution in [1.82, 2.24) is 19.9 Å². The number of fused-ring (bicyclic) bond motifs is 1. The van der Waals surface area contributed by atoms with E-state index in [2.05, 4.69) is 15.6 Å². The zero-order valence-electron chi connectivity index (χ0n) is 19.7. The molecule has 0 spiro atoms. The normalized spacial score (nSPS) is 25.5. The van der Waals surface area contributed by atoms with Crippen LogP contribution in [0.4, 0.5) is 11.8 Å². The van der Waals surface area contributed by atoms with Crippen LogP contribution in [0.5, 0.6) is 0 Å². The number of pyridine rings is 1. The lowest BCUT2D eigenvalue weighted by molar-refractivity contribution is -0.0601. The number of hydrogen-bond acceptors (Lipinski definition) is 10. The number of thiazole rings is 1. The van der Waals surface area contributed by atoms with Gasteiger partial charge >= 0.3 is 0 Å². The molecule has 10 heteroatoms. The Hall–Kier alpha value is -2.40. The number of aliphatic hydroxyl groups excluding tert-OH is 2. The molecule has 3 aromatic rings. The number of rotatable bonds is 7. The van der Waals surface area contributed by atoms with Gasteiger partial charge in [-0.2, -0.15) is 4.98 Å². The monoisotopic (exact) mass is 484 g/mol. The first-order chi connectivity index (χ1) is 16.2. The summed E-state index contributed by atoms with van der Waals surface area (Å²) in [7, 11) is 0. The maximum absolute atomic E-state index is 10.8. The molecule has 5 N–H and O–H groups in total. The maximum atomic E-state index is 10.8. The zero-order chi connectivity index (χ0) is 24.0. The number of hydrogen-bond donors (Lipinski definition) is 5. The fourth-order valence-electron chi connectivity index (χ4n) is 4.89. The van der Waals surface area contributed by atoms with E-state index >= 15 is 0 Å². The van der Waals surface area contributed by atoms with Crippen LogP contribution in [0.1, 0.15) is 45.2 Å². The summed E-state index contributed by atoms with van der Waals surface area (Å²) in [6, 6.07) is 1.45. The molecule has 2 fully saturated rings. The van der Waals surface area contributed by atoms with Gasteiger partial charge in [0.05, 0.1) is 39.9 Å². The van der Waals surface area contributed by atoms with Gasteiger partial charge in [0.25, 0.3) is 0 Å². The quantitative estimate of drug-likeness (QED) is 0.343. The van der Waals surface area contributed by atoms with Crippen molar-refractivity contribution < 1.29 is 15.3 Å². The second-order valence-corrected chi connectivity index (χ2v) is 11.2. The summed E-state index contributed by atoms with van der Waals surface area (Å²) in [5, 5.41) is 39.4. The van der Waals surface area contributed by atoms with Crippen LogP contribution < -0.4 is 10.6 Å². The van der Waals surface area contributed by atoms with Crippen molar-refractivity contribution in [3.8, 4) is 10.6 Å². The minimum atomic E-state index is -1.11. The van der Waals surface area contributed by atoms with Crippen LogP contribution in [0.25, 0.3) is 20.8 Å². The molecule has 5 rings (SSSR count). The van der Waals surface area contributed by atoms with E-state index in [-0.39, 0.29) is 0 Å². The Morgan fingerprint density at radius 2 is 1.94 bits per heavy atom. The molecule has 2 aliphatic carbocycles. The number of aromatic nitrogens is 4. The van der Waals surface area contributed by atoms with Gasteiger partial charge in [-0.05, 0) is 52.0 Å². The summed E-state index contributed by atoms with van der Waals surface area (Å²) in [6.45, 7) is 6.08. The first kappa shape index (κ1) is 23.3. The molecule has 2 saturated carbocycles. The molecule has 0 saturated heterocycles. The van der Waals surface area contributed by atoms with Gasteiger partial charge in [0, 0.05) is 18.7 Å². The minimum absolute atomic E-state index is 0.406. The highest BCUT2D eigenvalue weighted by molar-refractivity contribution is 7.21. The number of aryl methyl sites for hydroxylation is 1. The fraction of sp³-hybridized carbons (Fsp3) is 0.583. The molecular formula is C24H32N6O3S. The van der Waals surface area contributed by atoms with E-state index in [9.17, 15) is 15.3 Å². The van der Waals surface area contributed by atoms with E-state index in [0.29, 0.717) is 24.1 Å². The molecule has 0 amide bonds. The van der Waals surface area contributed by atoms with Crippen molar-refractivity contribution in [3.05, 3.63) is 24.2 Å². The van der Waals surface area contributed by atoms with Crippen LogP contribution in [0.15, 0.2) is 18.5 Å². The third-order valence-corrected chi connectivity index (χ3v) is 8.23. The molecule has 3 heterocycles. The van der Waals surface area contributed by atoms with Crippen molar-refractivity contribution in [2.45, 2.75) is 70.3 Å². The van der Waals surface area contributed by atoms with E-state index in [1.807, 2.05) is 13.0 Å². The van der Waals surface area contributed by atoms with Gasteiger partial charge < -0.3 is 26.0 Å². The van der Waals surface area contributed by atoms with Gasteiger partial charge in [0.2, 0.25) is 5.95 Å². The number of nitrogens with one attached hydrogen (secondary N) is 2. The Labute approximate surface area is 202 Å². The average Bonchev–Trinajstić information content (AvgIpc) is 3.28. The average molecular weight is 485 g/mol. The van der Waals surface area contributed by atoms with E-state index < -0.39 is 29.8 Å². The van der Waals surface area contributed by atoms with Crippen LogP contribution in [-0.4, -0.2) is 65.7 Å². The molecule has 0 aliphatic heterocycles. The smallest absolute Gasteiger partial charge is 0.224 e. The third kappa shape index (κ3) is 4.47. The van der Waals surface area contributed by atoms with Gasteiger partial charge in [-0.3, -0.25) is 4.98 Å². The minimum Gasteiger partial charge on any atom is -0.390 e. The summed E-state index contributed by atoms with van der Waals surface area (Å²) in [5.74, 6) is 1.28.